The molecule has 0 saturated carbocycles. The summed E-state index contributed by atoms with van der Waals surface area (Å²) in [7, 11) is 0. The molecule has 0 spiro atoms. The van der Waals surface area contributed by atoms with Crippen LogP contribution in [-0.4, -0.2) is 23.7 Å². The van der Waals surface area contributed by atoms with Gasteiger partial charge in [0.2, 0.25) is 0 Å². The molecule has 1 amide bonds. The number of amides is 1. The summed E-state index contributed by atoms with van der Waals surface area (Å²) in [5.41, 5.74) is 0.961. The molecule has 0 bridgehead atoms. The number of halogens is 1. The lowest BCUT2D eigenvalue weighted by molar-refractivity contribution is -0.119. The van der Waals surface area contributed by atoms with Crippen molar-refractivity contribution in [3.63, 3.8) is 0 Å². The molecule has 0 radical (unpaired) electrons. The number of hydrogen-bond acceptors (Lipinski definition) is 2. The van der Waals surface area contributed by atoms with E-state index in [1.807, 2.05) is 30.3 Å². The highest BCUT2D eigenvalue weighted by Crippen LogP contribution is 2.02. The van der Waals surface area contributed by atoms with Gasteiger partial charge >= 0.3 is 0 Å². The highest BCUT2D eigenvalue weighted by atomic mass is 19.1. The molecule has 1 rings (SSSR count). The van der Waals surface area contributed by atoms with Crippen molar-refractivity contribution in [1.82, 2.24) is 5.32 Å². The molecular weight excluding hydrogens is 209 g/mol. The predicted molar refractivity (Wildman–Crippen MR) is 59.4 cm³/mol. The summed E-state index contributed by atoms with van der Waals surface area (Å²) in [4.78, 5) is 10.8. The molecule has 3 nitrogen and oxygen atoms in total. The summed E-state index contributed by atoms with van der Waals surface area (Å²) in [6.45, 7) is 2.87. The van der Waals surface area contributed by atoms with E-state index in [0.29, 0.717) is 6.42 Å². The van der Waals surface area contributed by atoms with Gasteiger partial charge in [-0.1, -0.05) is 36.9 Å². The first-order chi connectivity index (χ1) is 7.59. The Morgan fingerprint density at radius 2 is 2.06 bits per heavy atom. The summed E-state index contributed by atoms with van der Waals surface area (Å²) in [6.07, 6.45) is -0.314. The van der Waals surface area contributed by atoms with Crippen molar-refractivity contribution in [1.29, 1.82) is 0 Å². The molecule has 2 N–H and O–H groups in total. The minimum atomic E-state index is -1.05. The van der Waals surface area contributed by atoms with Crippen LogP contribution in [0.5, 0.6) is 0 Å². The first-order valence-corrected chi connectivity index (χ1v) is 4.94. The van der Waals surface area contributed by atoms with Crippen molar-refractivity contribution in [3.8, 4) is 0 Å². The summed E-state index contributed by atoms with van der Waals surface area (Å²) < 4.78 is 12.3. The number of nitrogens with one attached hydrogen (secondary N) is 1. The molecule has 1 unspecified atom stereocenters. The first-order valence-electron chi connectivity index (χ1n) is 4.94. The third kappa shape index (κ3) is 4.23. The molecule has 0 aliphatic heterocycles. The van der Waals surface area contributed by atoms with E-state index in [0.717, 1.165) is 5.56 Å². The third-order valence-electron chi connectivity index (χ3n) is 2.06. The molecule has 4 heteroatoms. The molecule has 0 aliphatic carbocycles. The number of aliphatic hydroxyl groups excluding tert-OH is 1. The molecule has 1 atom stereocenters. The van der Waals surface area contributed by atoms with Gasteiger partial charge in [-0.05, 0) is 5.56 Å². The van der Waals surface area contributed by atoms with Gasteiger partial charge in [-0.25, -0.2) is 4.39 Å². The monoisotopic (exact) mass is 223 g/mol. The van der Waals surface area contributed by atoms with E-state index in [-0.39, 0.29) is 6.54 Å². The second kappa shape index (κ2) is 6.02. The summed E-state index contributed by atoms with van der Waals surface area (Å²) >= 11 is 0. The van der Waals surface area contributed by atoms with Crippen LogP contribution in [0.25, 0.3) is 0 Å². The van der Waals surface area contributed by atoms with Gasteiger partial charge in [0.1, 0.15) is 0 Å². The molecule has 1 aromatic rings. The Labute approximate surface area is 93.6 Å². The Morgan fingerprint density at radius 3 is 2.62 bits per heavy atom. The molecule has 0 aromatic heterocycles. The Bertz CT molecular complexity index is 365. The number of benzene rings is 1. The SMILES string of the molecule is C=C(F)C(=O)NCC(O)Cc1ccccc1. The molecule has 86 valence electrons. The quantitative estimate of drug-likeness (QED) is 0.737. The average Bonchev–Trinajstić information content (AvgIpc) is 2.27. The van der Waals surface area contributed by atoms with E-state index in [9.17, 15) is 14.3 Å². The van der Waals surface area contributed by atoms with Crippen LogP contribution in [0.15, 0.2) is 42.7 Å². The fourth-order valence-corrected chi connectivity index (χ4v) is 1.26. The van der Waals surface area contributed by atoms with E-state index in [4.69, 9.17) is 0 Å². The standard InChI is InChI=1S/C12H14FNO2/c1-9(13)12(16)14-8-11(15)7-10-5-3-2-4-6-10/h2-6,11,15H,1,7-8H2,(H,14,16). The number of aliphatic hydroxyl groups is 1. The van der Waals surface area contributed by atoms with Crippen molar-refractivity contribution in [3.05, 3.63) is 48.3 Å². The lowest BCUT2D eigenvalue weighted by atomic mass is 10.1. The molecule has 0 heterocycles. The van der Waals surface area contributed by atoms with Crippen LogP contribution in [0.1, 0.15) is 5.56 Å². The number of carbonyl (C=O) groups excluding carboxylic acids is 1. The lowest BCUT2D eigenvalue weighted by Gasteiger charge is -2.11. The van der Waals surface area contributed by atoms with Gasteiger partial charge in [-0.15, -0.1) is 0 Å². The predicted octanol–water partition coefficient (Wildman–Crippen LogP) is 1.19. The van der Waals surface area contributed by atoms with Gasteiger partial charge in [-0.3, -0.25) is 4.79 Å². The smallest absolute Gasteiger partial charge is 0.279 e. The molecule has 0 saturated heterocycles. The highest BCUT2D eigenvalue weighted by Gasteiger charge is 2.09. The second-order valence-electron chi connectivity index (χ2n) is 3.46. The Kier molecular flexibility index (Phi) is 4.66. The molecule has 0 aliphatic rings. The summed E-state index contributed by atoms with van der Waals surface area (Å²) in [5, 5.41) is 11.8. The number of rotatable bonds is 5. The van der Waals surface area contributed by atoms with Gasteiger partial charge in [-0.2, -0.15) is 0 Å². The highest BCUT2D eigenvalue weighted by molar-refractivity contribution is 5.90. The fourth-order valence-electron chi connectivity index (χ4n) is 1.26. The van der Waals surface area contributed by atoms with Crippen molar-refractivity contribution in [2.24, 2.45) is 0 Å². The second-order valence-corrected chi connectivity index (χ2v) is 3.46. The van der Waals surface area contributed by atoms with Crippen molar-refractivity contribution in [2.75, 3.05) is 6.54 Å². The zero-order chi connectivity index (χ0) is 12.0. The topological polar surface area (TPSA) is 49.3 Å². The fraction of sp³-hybridized carbons (Fsp3) is 0.250. The van der Waals surface area contributed by atoms with E-state index in [1.165, 1.54) is 0 Å². The minimum Gasteiger partial charge on any atom is -0.391 e. The molecular formula is C12H14FNO2. The largest absolute Gasteiger partial charge is 0.391 e. The van der Waals surface area contributed by atoms with Crippen molar-refractivity contribution >= 4 is 5.91 Å². The molecule has 1 aromatic carbocycles. The van der Waals surface area contributed by atoms with E-state index >= 15 is 0 Å². The summed E-state index contributed by atoms with van der Waals surface area (Å²) in [5.74, 6) is -1.93. The van der Waals surface area contributed by atoms with Gasteiger partial charge < -0.3 is 10.4 Å². The van der Waals surface area contributed by atoms with E-state index < -0.39 is 17.8 Å². The number of hydrogen-bond donors (Lipinski definition) is 2. The van der Waals surface area contributed by atoms with Crippen LogP contribution in [-0.2, 0) is 11.2 Å². The zero-order valence-corrected chi connectivity index (χ0v) is 8.82. The summed E-state index contributed by atoms with van der Waals surface area (Å²) in [6, 6.07) is 9.36. The van der Waals surface area contributed by atoms with Gasteiger partial charge in [0.15, 0.2) is 5.83 Å². The van der Waals surface area contributed by atoms with E-state index in [1.54, 1.807) is 0 Å². The van der Waals surface area contributed by atoms with Crippen molar-refractivity contribution in [2.45, 2.75) is 12.5 Å². The minimum absolute atomic E-state index is 0.0106. The Balaban J connectivity index is 2.34. The van der Waals surface area contributed by atoms with Gasteiger partial charge in [0.05, 0.1) is 6.10 Å². The van der Waals surface area contributed by atoms with Gasteiger partial charge in [0.25, 0.3) is 5.91 Å². The van der Waals surface area contributed by atoms with Crippen molar-refractivity contribution < 1.29 is 14.3 Å². The van der Waals surface area contributed by atoms with Crippen LogP contribution >= 0.6 is 0 Å². The number of carbonyl (C=O) groups is 1. The maximum atomic E-state index is 12.3. The Hall–Kier alpha value is -1.68. The normalized spacial score (nSPS) is 11.9. The van der Waals surface area contributed by atoms with Crippen LogP contribution in [0.3, 0.4) is 0 Å². The molecule has 16 heavy (non-hydrogen) atoms. The lowest BCUT2D eigenvalue weighted by Crippen LogP contribution is -2.33. The maximum absolute atomic E-state index is 12.3. The van der Waals surface area contributed by atoms with Crippen LogP contribution in [0.2, 0.25) is 0 Å². The van der Waals surface area contributed by atoms with Gasteiger partial charge in [0, 0.05) is 13.0 Å². The zero-order valence-electron chi connectivity index (χ0n) is 8.82. The van der Waals surface area contributed by atoms with Crippen LogP contribution < -0.4 is 5.32 Å². The van der Waals surface area contributed by atoms with Crippen LogP contribution in [0, 0.1) is 0 Å². The average molecular weight is 223 g/mol. The third-order valence-corrected chi connectivity index (χ3v) is 2.06. The maximum Gasteiger partial charge on any atom is 0.279 e. The molecule has 0 fully saturated rings. The van der Waals surface area contributed by atoms with Crippen LogP contribution in [0.4, 0.5) is 4.39 Å². The van der Waals surface area contributed by atoms with E-state index in [2.05, 4.69) is 11.9 Å². The Morgan fingerprint density at radius 1 is 1.44 bits per heavy atom. The first kappa shape index (κ1) is 12.4.